The molecule has 2 atom stereocenters. The van der Waals surface area contributed by atoms with Crippen molar-refractivity contribution < 1.29 is 28.3 Å². The zero-order valence-electron chi connectivity index (χ0n) is 9.13. The molecule has 0 aromatic heterocycles. The second kappa shape index (κ2) is 5.21. The maximum atomic E-state index is 12.4. The van der Waals surface area contributed by atoms with Gasteiger partial charge in [0, 0.05) is 6.07 Å². The van der Waals surface area contributed by atoms with Crippen LogP contribution in [-0.2, 0) is 6.18 Å². The first-order chi connectivity index (χ1) is 8.68. The number of alkyl halides is 3. The van der Waals surface area contributed by atoms with Crippen LogP contribution in [0.15, 0.2) is 18.2 Å². The summed E-state index contributed by atoms with van der Waals surface area (Å²) in [4.78, 5) is 9.55. The quantitative estimate of drug-likeness (QED) is 0.494. The van der Waals surface area contributed by atoms with Gasteiger partial charge in [-0.1, -0.05) is 0 Å². The minimum atomic E-state index is -4.78. The van der Waals surface area contributed by atoms with Crippen molar-refractivity contribution in [2.75, 3.05) is 0 Å². The van der Waals surface area contributed by atoms with E-state index in [-0.39, 0.29) is 6.07 Å². The van der Waals surface area contributed by atoms with E-state index < -0.39 is 40.1 Å². The van der Waals surface area contributed by atoms with Crippen LogP contribution in [0.4, 0.5) is 18.9 Å². The van der Waals surface area contributed by atoms with Crippen molar-refractivity contribution in [1.82, 2.24) is 0 Å². The van der Waals surface area contributed by atoms with Crippen molar-refractivity contribution >= 4 is 5.69 Å². The minimum Gasteiger partial charge on any atom is -0.384 e. The van der Waals surface area contributed by atoms with E-state index in [1.807, 2.05) is 0 Å². The molecule has 0 fully saturated rings. The Morgan fingerprint density at radius 2 is 1.95 bits per heavy atom. The van der Waals surface area contributed by atoms with Crippen molar-refractivity contribution in [1.29, 1.82) is 5.26 Å². The molecular weight excluding hydrogens is 269 g/mol. The lowest BCUT2D eigenvalue weighted by Gasteiger charge is -2.14. The van der Waals surface area contributed by atoms with Gasteiger partial charge < -0.3 is 10.2 Å². The SMILES string of the molecule is N#CC(O)C(O)c1ccc(C(F)(F)F)cc1[N+](=O)[O-]. The molecule has 2 unspecified atom stereocenters. The average molecular weight is 276 g/mol. The molecule has 1 aromatic rings. The van der Waals surface area contributed by atoms with Crippen LogP contribution < -0.4 is 0 Å². The molecule has 0 spiro atoms. The Morgan fingerprint density at radius 3 is 2.37 bits per heavy atom. The molecule has 9 heteroatoms. The predicted octanol–water partition coefficient (Wildman–Crippen LogP) is 1.53. The molecule has 0 aliphatic carbocycles. The van der Waals surface area contributed by atoms with Crippen LogP contribution in [0, 0.1) is 21.4 Å². The molecule has 0 saturated heterocycles. The number of rotatable bonds is 3. The zero-order valence-corrected chi connectivity index (χ0v) is 9.13. The maximum absolute atomic E-state index is 12.4. The van der Waals surface area contributed by atoms with E-state index in [0.29, 0.717) is 12.1 Å². The standard InChI is InChI=1S/C10H7F3N2O4/c11-10(12,13)5-1-2-6(7(3-5)15(18)19)9(17)8(16)4-14/h1-3,8-9,16-17H. The third kappa shape index (κ3) is 3.18. The van der Waals surface area contributed by atoms with Gasteiger partial charge in [-0.05, 0) is 12.1 Å². The van der Waals surface area contributed by atoms with Gasteiger partial charge in [-0.15, -0.1) is 0 Å². The minimum absolute atomic E-state index is 0.239. The Morgan fingerprint density at radius 1 is 1.37 bits per heavy atom. The van der Waals surface area contributed by atoms with Crippen molar-refractivity contribution in [2.45, 2.75) is 18.4 Å². The normalized spacial score (nSPS) is 14.5. The summed E-state index contributed by atoms with van der Waals surface area (Å²) in [6.07, 6.45) is -8.72. The number of aliphatic hydroxyl groups is 2. The van der Waals surface area contributed by atoms with Crippen molar-refractivity contribution in [3.63, 3.8) is 0 Å². The Labute approximate surface area is 104 Å². The average Bonchev–Trinajstić information content (AvgIpc) is 2.35. The number of aliphatic hydroxyl groups excluding tert-OH is 2. The first-order valence-corrected chi connectivity index (χ1v) is 4.79. The number of hydrogen-bond acceptors (Lipinski definition) is 5. The number of nitro groups is 1. The van der Waals surface area contributed by atoms with E-state index in [1.54, 1.807) is 0 Å². The molecule has 19 heavy (non-hydrogen) atoms. The molecule has 0 radical (unpaired) electrons. The molecule has 2 N–H and O–H groups in total. The zero-order chi connectivity index (χ0) is 14.8. The van der Waals surface area contributed by atoms with Crippen LogP contribution in [0.25, 0.3) is 0 Å². The van der Waals surface area contributed by atoms with Crippen LogP contribution >= 0.6 is 0 Å². The number of benzene rings is 1. The van der Waals surface area contributed by atoms with Gasteiger partial charge >= 0.3 is 6.18 Å². The van der Waals surface area contributed by atoms with E-state index in [0.717, 1.165) is 0 Å². The predicted molar refractivity (Wildman–Crippen MR) is 54.7 cm³/mol. The molecular formula is C10H7F3N2O4. The van der Waals surface area contributed by atoms with E-state index >= 15 is 0 Å². The third-order valence-corrected chi connectivity index (χ3v) is 2.30. The molecule has 0 aliphatic rings. The highest BCUT2D eigenvalue weighted by Gasteiger charge is 2.34. The Hall–Kier alpha value is -2.18. The van der Waals surface area contributed by atoms with Crippen molar-refractivity contribution in [3.8, 4) is 6.07 Å². The highest BCUT2D eigenvalue weighted by molar-refractivity contribution is 5.46. The largest absolute Gasteiger partial charge is 0.416 e. The van der Waals surface area contributed by atoms with Crippen molar-refractivity contribution in [3.05, 3.63) is 39.4 Å². The number of hydrogen-bond donors (Lipinski definition) is 2. The van der Waals surface area contributed by atoms with Gasteiger partial charge in [0.2, 0.25) is 0 Å². The Bertz CT molecular complexity index is 539. The van der Waals surface area contributed by atoms with Gasteiger partial charge in [0.15, 0.2) is 6.10 Å². The van der Waals surface area contributed by atoms with Crippen molar-refractivity contribution in [2.24, 2.45) is 0 Å². The molecule has 6 nitrogen and oxygen atoms in total. The van der Waals surface area contributed by atoms with Gasteiger partial charge in [-0.2, -0.15) is 18.4 Å². The van der Waals surface area contributed by atoms with Crippen LogP contribution in [-0.4, -0.2) is 21.2 Å². The lowest BCUT2D eigenvalue weighted by molar-refractivity contribution is -0.386. The summed E-state index contributed by atoms with van der Waals surface area (Å²) >= 11 is 0. The van der Waals surface area contributed by atoms with Gasteiger partial charge in [0.25, 0.3) is 5.69 Å². The van der Waals surface area contributed by atoms with E-state index in [9.17, 15) is 28.4 Å². The van der Waals surface area contributed by atoms with E-state index in [1.165, 1.54) is 6.07 Å². The fraction of sp³-hybridized carbons (Fsp3) is 0.300. The summed E-state index contributed by atoms with van der Waals surface area (Å²) in [5.41, 5.74) is -2.84. The second-order valence-corrected chi connectivity index (χ2v) is 3.55. The van der Waals surface area contributed by atoms with Crippen LogP contribution in [0.1, 0.15) is 17.2 Å². The fourth-order valence-corrected chi connectivity index (χ4v) is 1.37. The Balaban J connectivity index is 3.36. The topological polar surface area (TPSA) is 107 Å². The lowest BCUT2D eigenvalue weighted by Crippen LogP contribution is -2.17. The van der Waals surface area contributed by atoms with Crippen LogP contribution in [0.5, 0.6) is 0 Å². The summed E-state index contributed by atoms with van der Waals surface area (Å²) < 4.78 is 37.2. The number of nitro benzene ring substituents is 1. The third-order valence-electron chi connectivity index (χ3n) is 2.30. The first-order valence-electron chi connectivity index (χ1n) is 4.79. The molecule has 1 rings (SSSR count). The van der Waals surface area contributed by atoms with Gasteiger partial charge in [-0.25, -0.2) is 0 Å². The highest BCUT2D eigenvalue weighted by atomic mass is 19.4. The molecule has 0 heterocycles. The van der Waals surface area contributed by atoms with Gasteiger partial charge in [-0.3, -0.25) is 10.1 Å². The molecule has 0 aliphatic heterocycles. The lowest BCUT2D eigenvalue weighted by atomic mass is 10.0. The molecule has 0 amide bonds. The molecule has 0 saturated carbocycles. The van der Waals surface area contributed by atoms with E-state index in [4.69, 9.17) is 10.4 Å². The molecule has 1 aromatic carbocycles. The summed E-state index contributed by atoms with van der Waals surface area (Å²) in [6, 6.07) is 2.66. The monoisotopic (exact) mass is 276 g/mol. The van der Waals surface area contributed by atoms with E-state index in [2.05, 4.69) is 0 Å². The summed E-state index contributed by atoms with van der Waals surface area (Å²) in [7, 11) is 0. The summed E-state index contributed by atoms with van der Waals surface area (Å²) in [5, 5.41) is 37.6. The summed E-state index contributed by atoms with van der Waals surface area (Å²) in [6.45, 7) is 0. The van der Waals surface area contributed by atoms with Crippen LogP contribution in [0.2, 0.25) is 0 Å². The maximum Gasteiger partial charge on any atom is 0.416 e. The first kappa shape index (κ1) is 14.9. The molecule has 0 bridgehead atoms. The number of halogens is 3. The highest BCUT2D eigenvalue weighted by Crippen LogP contribution is 2.35. The smallest absolute Gasteiger partial charge is 0.384 e. The fourth-order valence-electron chi connectivity index (χ4n) is 1.37. The number of nitrogens with zero attached hydrogens (tertiary/aromatic N) is 2. The molecule has 102 valence electrons. The summed E-state index contributed by atoms with van der Waals surface area (Å²) in [5.74, 6) is 0. The second-order valence-electron chi connectivity index (χ2n) is 3.55. The van der Waals surface area contributed by atoms with Crippen LogP contribution in [0.3, 0.4) is 0 Å². The number of nitriles is 1. The Kier molecular flexibility index (Phi) is 4.08. The van der Waals surface area contributed by atoms with Gasteiger partial charge in [0.05, 0.1) is 22.1 Å². The van der Waals surface area contributed by atoms with Gasteiger partial charge in [0.1, 0.15) is 6.10 Å².